The quantitative estimate of drug-likeness (QED) is 0.756. The lowest BCUT2D eigenvalue weighted by Crippen LogP contribution is -2.21. The molecule has 1 atom stereocenters. The lowest BCUT2D eigenvalue weighted by molar-refractivity contribution is 0.411. The molecule has 0 aliphatic heterocycles. The molecule has 0 saturated heterocycles. The average Bonchev–Trinajstić information content (AvgIpc) is 2.48. The van der Waals surface area contributed by atoms with Crippen LogP contribution >= 0.6 is 11.6 Å². The molecule has 106 valence electrons. The van der Waals surface area contributed by atoms with Gasteiger partial charge in [-0.2, -0.15) is 0 Å². The fourth-order valence-electron chi connectivity index (χ4n) is 2.23. The SMILES string of the molecule is COc1ccc(C(Cl)CN(C)c2ccccc2)cc1C. The fraction of sp³-hybridized carbons (Fsp3) is 0.294. The van der Waals surface area contributed by atoms with E-state index in [0.717, 1.165) is 23.4 Å². The highest BCUT2D eigenvalue weighted by Crippen LogP contribution is 2.27. The Morgan fingerprint density at radius 3 is 2.45 bits per heavy atom. The first-order valence-electron chi connectivity index (χ1n) is 6.66. The average molecular weight is 290 g/mol. The maximum Gasteiger partial charge on any atom is 0.121 e. The summed E-state index contributed by atoms with van der Waals surface area (Å²) >= 11 is 6.54. The van der Waals surface area contributed by atoms with Crippen molar-refractivity contribution in [2.75, 3.05) is 25.6 Å². The number of benzene rings is 2. The molecule has 0 aromatic heterocycles. The summed E-state index contributed by atoms with van der Waals surface area (Å²) in [4.78, 5) is 2.16. The summed E-state index contributed by atoms with van der Waals surface area (Å²) in [5.41, 5.74) is 3.40. The second kappa shape index (κ2) is 6.67. The van der Waals surface area contributed by atoms with E-state index >= 15 is 0 Å². The van der Waals surface area contributed by atoms with E-state index in [9.17, 15) is 0 Å². The summed E-state index contributed by atoms with van der Waals surface area (Å²) in [5, 5.41) is -0.0511. The van der Waals surface area contributed by atoms with E-state index in [0.29, 0.717) is 0 Å². The zero-order valence-corrected chi connectivity index (χ0v) is 12.9. The number of likely N-dealkylation sites (N-methyl/N-ethyl adjacent to an activating group) is 1. The van der Waals surface area contributed by atoms with Crippen molar-refractivity contribution in [3.63, 3.8) is 0 Å². The minimum atomic E-state index is -0.0511. The van der Waals surface area contributed by atoms with Gasteiger partial charge in [-0.05, 0) is 36.2 Å². The van der Waals surface area contributed by atoms with Gasteiger partial charge in [0.05, 0.1) is 12.5 Å². The number of hydrogen-bond acceptors (Lipinski definition) is 2. The number of aryl methyl sites for hydroxylation is 1. The van der Waals surface area contributed by atoms with E-state index in [-0.39, 0.29) is 5.38 Å². The van der Waals surface area contributed by atoms with Crippen LogP contribution in [-0.2, 0) is 0 Å². The molecule has 2 rings (SSSR count). The first kappa shape index (κ1) is 14.7. The molecule has 0 N–H and O–H groups in total. The highest BCUT2D eigenvalue weighted by atomic mass is 35.5. The molecule has 2 nitrogen and oxygen atoms in total. The van der Waals surface area contributed by atoms with Crippen LogP contribution in [-0.4, -0.2) is 20.7 Å². The molecule has 0 amide bonds. The van der Waals surface area contributed by atoms with Crippen molar-refractivity contribution in [2.45, 2.75) is 12.3 Å². The molecule has 0 spiro atoms. The van der Waals surface area contributed by atoms with Crippen LogP contribution in [0.4, 0.5) is 5.69 Å². The molecular formula is C17H20ClNO. The molecule has 0 aliphatic carbocycles. The largest absolute Gasteiger partial charge is 0.496 e. The molecule has 0 aliphatic rings. The third-order valence-electron chi connectivity index (χ3n) is 3.41. The van der Waals surface area contributed by atoms with Crippen LogP contribution in [0.1, 0.15) is 16.5 Å². The molecule has 2 aromatic rings. The molecule has 0 radical (unpaired) electrons. The second-order valence-corrected chi connectivity index (χ2v) is 5.44. The van der Waals surface area contributed by atoms with E-state index in [1.165, 1.54) is 5.69 Å². The Kier molecular flexibility index (Phi) is 4.91. The van der Waals surface area contributed by atoms with Crippen molar-refractivity contribution in [1.82, 2.24) is 0 Å². The zero-order chi connectivity index (χ0) is 14.5. The summed E-state index contributed by atoms with van der Waals surface area (Å²) in [6.45, 7) is 2.80. The van der Waals surface area contributed by atoms with E-state index in [4.69, 9.17) is 16.3 Å². The Balaban J connectivity index is 2.08. The summed E-state index contributed by atoms with van der Waals surface area (Å²) in [6.07, 6.45) is 0. The van der Waals surface area contributed by atoms with Gasteiger partial charge in [-0.3, -0.25) is 0 Å². The lowest BCUT2D eigenvalue weighted by Gasteiger charge is -2.23. The smallest absolute Gasteiger partial charge is 0.121 e. The Morgan fingerprint density at radius 1 is 1.15 bits per heavy atom. The van der Waals surface area contributed by atoms with Crippen LogP contribution in [0.15, 0.2) is 48.5 Å². The van der Waals surface area contributed by atoms with Crippen molar-refractivity contribution >= 4 is 17.3 Å². The van der Waals surface area contributed by atoms with Crippen molar-refractivity contribution in [2.24, 2.45) is 0 Å². The van der Waals surface area contributed by atoms with Gasteiger partial charge in [0.1, 0.15) is 5.75 Å². The Morgan fingerprint density at radius 2 is 1.85 bits per heavy atom. The topological polar surface area (TPSA) is 12.5 Å². The van der Waals surface area contributed by atoms with Gasteiger partial charge in [-0.25, -0.2) is 0 Å². The van der Waals surface area contributed by atoms with Crippen LogP contribution in [0, 0.1) is 6.92 Å². The summed E-state index contributed by atoms with van der Waals surface area (Å²) in [7, 11) is 3.74. The van der Waals surface area contributed by atoms with Gasteiger partial charge < -0.3 is 9.64 Å². The third-order valence-corrected chi connectivity index (χ3v) is 3.80. The summed E-state index contributed by atoms with van der Waals surface area (Å²) in [5.74, 6) is 0.897. The van der Waals surface area contributed by atoms with Crippen LogP contribution in [0.5, 0.6) is 5.75 Å². The van der Waals surface area contributed by atoms with Crippen LogP contribution in [0.3, 0.4) is 0 Å². The first-order valence-corrected chi connectivity index (χ1v) is 7.10. The molecule has 20 heavy (non-hydrogen) atoms. The van der Waals surface area contributed by atoms with Crippen LogP contribution in [0.2, 0.25) is 0 Å². The number of nitrogens with zero attached hydrogens (tertiary/aromatic N) is 1. The van der Waals surface area contributed by atoms with Crippen LogP contribution < -0.4 is 9.64 Å². The number of rotatable bonds is 5. The highest BCUT2D eigenvalue weighted by Gasteiger charge is 2.12. The minimum absolute atomic E-state index is 0.0511. The number of anilines is 1. The predicted molar refractivity (Wildman–Crippen MR) is 86.0 cm³/mol. The molecule has 0 heterocycles. The number of alkyl halides is 1. The first-order chi connectivity index (χ1) is 9.61. The zero-order valence-electron chi connectivity index (χ0n) is 12.1. The van der Waals surface area contributed by atoms with Gasteiger partial charge >= 0.3 is 0 Å². The van der Waals surface area contributed by atoms with Gasteiger partial charge in [0.25, 0.3) is 0 Å². The number of methoxy groups -OCH3 is 1. The van der Waals surface area contributed by atoms with Crippen molar-refractivity contribution < 1.29 is 4.74 Å². The van der Waals surface area contributed by atoms with Gasteiger partial charge in [0.15, 0.2) is 0 Å². The Hall–Kier alpha value is -1.67. The van der Waals surface area contributed by atoms with Gasteiger partial charge in [0, 0.05) is 19.3 Å². The summed E-state index contributed by atoms with van der Waals surface area (Å²) in [6, 6.07) is 16.4. The second-order valence-electron chi connectivity index (χ2n) is 4.91. The monoisotopic (exact) mass is 289 g/mol. The van der Waals surface area contributed by atoms with Gasteiger partial charge in [0.2, 0.25) is 0 Å². The number of ether oxygens (including phenoxy) is 1. The third kappa shape index (κ3) is 3.45. The minimum Gasteiger partial charge on any atom is -0.496 e. The molecule has 1 unspecified atom stereocenters. The molecule has 0 saturated carbocycles. The van der Waals surface area contributed by atoms with E-state index in [1.54, 1.807) is 7.11 Å². The Labute approximate surface area is 125 Å². The lowest BCUT2D eigenvalue weighted by atomic mass is 10.1. The van der Waals surface area contributed by atoms with E-state index in [1.807, 2.05) is 37.3 Å². The van der Waals surface area contributed by atoms with Crippen LogP contribution in [0.25, 0.3) is 0 Å². The molecule has 3 heteroatoms. The summed E-state index contributed by atoms with van der Waals surface area (Å²) < 4.78 is 5.28. The number of para-hydroxylation sites is 1. The Bertz CT molecular complexity index is 556. The molecule has 2 aromatic carbocycles. The fourth-order valence-corrected chi connectivity index (χ4v) is 2.57. The van der Waals surface area contributed by atoms with Gasteiger partial charge in [-0.1, -0.05) is 30.3 Å². The number of hydrogen-bond donors (Lipinski definition) is 0. The molecular weight excluding hydrogens is 270 g/mol. The predicted octanol–water partition coefficient (Wildman–Crippen LogP) is 4.42. The van der Waals surface area contributed by atoms with E-state index < -0.39 is 0 Å². The van der Waals surface area contributed by atoms with Gasteiger partial charge in [-0.15, -0.1) is 11.6 Å². The standard InChI is InChI=1S/C17H20ClNO/c1-13-11-14(9-10-17(13)20-3)16(18)12-19(2)15-7-5-4-6-8-15/h4-11,16H,12H2,1-3H3. The number of halogens is 1. The molecule has 0 fully saturated rings. The van der Waals surface area contributed by atoms with Crippen molar-refractivity contribution in [3.05, 3.63) is 59.7 Å². The van der Waals surface area contributed by atoms with Crippen molar-refractivity contribution in [1.29, 1.82) is 0 Å². The normalized spacial score (nSPS) is 12.0. The maximum absolute atomic E-state index is 6.54. The van der Waals surface area contributed by atoms with Crippen molar-refractivity contribution in [3.8, 4) is 5.75 Å². The maximum atomic E-state index is 6.54. The highest BCUT2D eigenvalue weighted by molar-refractivity contribution is 6.21. The van der Waals surface area contributed by atoms with E-state index in [2.05, 4.69) is 30.1 Å². The molecule has 0 bridgehead atoms.